The summed E-state index contributed by atoms with van der Waals surface area (Å²) in [5.74, 6) is 0.593. The highest BCUT2D eigenvalue weighted by Gasteiger charge is 2.41. The van der Waals surface area contributed by atoms with Gasteiger partial charge in [-0.25, -0.2) is 0 Å². The largest absolute Gasteiger partial charge is 0.491 e. The highest BCUT2D eigenvalue weighted by Crippen LogP contribution is 2.25. The Morgan fingerprint density at radius 1 is 1.47 bits per heavy atom. The third kappa shape index (κ3) is 3.39. The summed E-state index contributed by atoms with van der Waals surface area (Å²) in [7, 11) is 0. The number of aliphatic hydroxyl groups is 1. The second-order valence-corrected chi connectivity index (χ2v) is 5.26. The number of hydrogen-bond acceptors (Lipinski definition) is 3. The summed E-state index contributed by atoms with van der Waals surface area (Å²) in [5.41, 5.74) is -0.681. The molecule has 1 fully saturated rings. The number of carbonyl (C=O) groups excluding carboxylic acids is 1. The van der Waals surface area contributed by atoms with E-state index >= 15 is 0 Å². The van der Waals surface area contributed by atoms with Crippen molar-refractivity contribution < 1.29 is 14.6 Å². The Balaban J connectivity index is 1.72. The Kier molecular flexibility index (Phi) is 4.32. The molecule has 1 heterocycles. The lowest BCUT2D eigenvalue weighted by Gasteiger charge is -2.46. The Bertz CT molecular complexity index is 458. The van der Waals surface area contributed by atoms with Crippen molar-refractivity contribution in [2.24, 2.45) is 0 Å². The lowest BCUT2D eigenvalue weighted by molar-refractivity contribution is -0.156. The van der Waals surface area contributed by atoms with Crippen molar-refractivity contribution in [3.05, 3.63) is 29.3 Å². The molecule has 19 heavy (non-hydrogen) atoms. The topological polar surface area (TPSA) is 49.8 Å². The van der Waals surface area contributed by atoms with Crippen molar-refractivity contribution in [3.8, 4) is 5.75 Å². The van der Waals surface area contributed by atoms with Crippen LogP contribution >= 0.6 is 11.6 Å². The summed E-state index contributed by atoms with van der Waals surface area (Å²) in [6.07, 6.45) is 0.970. The fourth-order valence-corrected chi connectivity index (χ4v) is 2.22. The number of benzene rings is 1. The Morgan fingerprint density at radius 2 is 2.16 bits per heavy atom. The molecular formula is C14H18ClNO3. The van der Waals surface area contributed by atoms with Crippen LogP contribution in [0.1, 0.15) is 19.8 Å². The minimum Gasteiger partial charge on any atom is -0.491 e. The number of rotatable bonds is 5. The maximum Gasteiger partial charge on any atom is 0.226 e. The first-order valence-electron chi connectivity index (χ1n) is 6.41. The normalized spacial score (nSPS) is 16.9. The molecule has 5 heteroatoms. The van der Waals surface area contributed by atoms with Crippen LogP contribution in [-0.2, 0) is 4.79 Å². The molecule has 104 valence electrons. The zero-order valence-electron chi connectivity index (χ0n) is 10.9. The number of ether oxygens (including phenoxy) is 1. The Hall–Kier alpha value is -1.26. The number of nitrogens with zero attached hydrogens (tertiary/aromatic N) is 1. The quantitative estimate of drug-likeness (QED) is 0.900. The molecule has 4 nitrogen and oxygen atoms in total. The average Bonchev–Trinajstić information content (AvgIpc) is 2.37. The molecule has 0 atom stereocenters. The van der Waals surface area contributed by atoms with E-state index < -0.39 is 5.60 Å². The summed E-state index contributed by atoms with van der Waals surface area (Å²) < 4.78 is 5.46. The van der Waals surface area contributed by atoms with Gasteiger partial charge in [-0.3, -0.25) is 4.79 Å². The Morgan fingerprint density at radius 3 is 2.79 bits per heavy atom. The molecule has 0 spiro atoms. The van der Waals surface area contributed by atoms with Crippen LogP contribution in [0.3, 0.4) is 0 Å². The van der Waals surface area contributed by atoms with Crippen LogP contribution in [0.5, 0.6) is 5.75 Å². The molecule has 0 aromatic heterocycles. The molecule has 2 rings (SSSR count). The van der Waals surface area contributed by atoms with Crippen molar-refractivity contribution in [3.63, 3.8) is 0 Å². The minimum atomic E-state index is -0.681. The van der Waals surface area contributed by atoms with E-state index in [9.17, 15) is 9.90 Å². The zero-order chi connectivity index (χ0) is 13.9. The van der Waals surface area contributed by atoms with Crippen molar-refractivity contribution in [1.29, 1.82) is 0 Å². The standard InChI is InChI=1S/C14H18ClNO3/c1-2-14(18)9-16(10-14)13(17)7-8-19-12-6-4-3-5-11(12)15/h3-6,18H,2,7-10H2,1H3. The van der Waals surface area contributed by atoms with E-state index in [4.69, 9.17) is 16.3 Å². The number of halogens is 1. The second-order valence-electron chi connectivity index (χ2n) is 4.86. The van der Waals surface area contributed by atoms with Gasteiger partial charge in [-0.15, -0.1) is 0 Å². The van der Waals surface area contributed by atoms with E-state index in [0.717, 1.165) is 0 Å². The lowest BCUT2D eigenvalue weighted by Crippen LogP contribution is -2.63. The number of amides is 1. The van der Waals surface area contributed by atoms with Crippen LogP contribution in [-0.4, -0.2) is 41.2 Å². The van der Waals surface area contributed by atoms with E-state index in [1.54, 1.807) is 17.0 Å². The van der Waals surface area contributed by atoms with Crippen molar-refractivity contribution >= 4 is 17.5 Å². The van der Waals surface area contributed by atoms with Gasteiger partial charge < -0.3 is 14.7 Å². The smallest absolute Gasteiger partial charge is 0.226 e. The van der Waals surface area contributed by atoms with Gasteiger partial charge in [0.2, 0.25) is 5.91 Å². The maximum atomic E-state index is 11.8. The predicted molar refractivity (Wildman–Crippen MR) is 73.4 cm³/mol. The number of β-amino-alcohol motifs (C(OH)–C–C–N with tert-alkyl or cyclic N) is 1. The summed E-state index contributed by atoms with van der Waals surface area (Å²) in [6, 6.07) is 7.17. The van der Waals surface area contributed by atoms with Crippen LogP contribution in [0.15, 0.2) is 24.3 Å². The van der Waals surface area contributed by atoms with E-state index in [0.29, 0.717) is 43.3 Å². The molecule has 0 unspecified atom stereocenters. The molecule has 0 radical (unpaired) electrons. The minimum absolute atomic E-state index is 0.00479. The molecule has 1 N–H and O–H groups in total. The van der Waals surface area contributed by atoms with E-state index in [2.05, 4.69) is 0 Å². The molecule has 0 saturated carbocycles. The molecular weight excluding hydrogens is 266 g/mol. The first kappa shape index (κ1) is 14.2. The van der Waals surface area contributed by atoms with Gasteiger partial charge in [0.05, 0.1) is 36.7 Å². The molecule has 1 amide bonds. The molecule has 1 aliphatic heterocycles. The lowest BCUT2D eigenvalue weighted by atomic mass is 9.91. The molecule has 0 aliphatic carbocycles. The highest BCUT2D eigenvalue weighted by molar-refractivity contribution is 6.32. The summed E-state index contributed by atoms with van der Waals surface area (Å²) in [6.45, 7) is 3.06. The average molecular weight is 284 g/mol. The van der Waals surface area contributed by atoms with Crippen molar-refractivity contribution in [2.45, 2.75) is 25.4 Å². The second kappa shape index (κ2) is 5.80. The number of carbonyl (C=O) groups is 1. The van der Waals surface area contributed by atoms with E-state index in [1.165, 1.54) is 0 Å². The zero-order valence-corrected chi connectivity index (χ0v) is 11.7. The first-order valence-corrected chi connectivity index (χ1v) is 6.79. The first-order chi connectivity index (χ1) is 9.04. The van der Waals surface area contributed by atoms with E-state index in [1.807, 2.05) is 19.1 Å². The SMILES string of the molecule is CCC1(O)CN(C(=O)CCOc2ccccc2Cl)C1. The Labute approximate surface area is 117 Å². The third-order valence-electron chi connectivity index (χ3n) is 3.39. The summed E-state index contributed by atoms with van der Waals surface area (Å²) in [4.78, 5) is 13.5. The molecule has 1 aliphatic rings. The number of para-hydroxylation sites is 1. The van der Waals surface area contributed by atoms with Crippen LogP contribution < -0.4 is 4.74 Å². The van der Waals surface area contributed by atoms with Crippen molar-refractivity contribution in [2.75, 3.05) is 19.7 Å². The highest BCUT2D eigenvalue weighted by atomic mass is 35.5. The van der Waals surface area contributed by atoms with Gasteiger partial charge >= 0.3 is 0 Å². The van der Waals surface area contributed by atoms with Gasteiger partial charge in [0.25, 0.3) is 0 Å². The predicted octanol–water partition coefficient (Wildman–Crippen LogP) is 2.09. The summed E-state index contributed by atoms with van der Waals surface area (Å²) >= 11 is 5.94. The van der Waals surface area contributed by atoms with Gasteiger partial charge in [-0.1, -0.05) is 30.7 Å². The fraction of sp³-hybridized carbons (Fsp3) is 0.500. The maximum absolute atomic E-state index is 11.8. The molecule has 1 aromatic rings. The van der Waals surface area contributed by atoms with Crippen molar-refractivity contribution in [1.82, 2.24) is 4.90 Å². The molecule has 0 bridgehead atoms. The third-order valence-corrected chi connectivity index (χ3v) is 3.70. The fourth-order valence-electron chi connectivity index (χ4n) is 2.03. The van der Waals surface area contributed by atoms with Gasteiger partial charge in [-0.2, -0.15) is 0 Å². The van der Waals surface area contributed by atoms with E-state index in [-0.39, 0.29) is 5.91 Å². The van der Waals surface area contributed by atoms with Gasteiger partial charge in [0.1, 0.15) is 5.75 Å². The van der Waals surface area contributed by atoms with Crippen LogP contribution in [0, 0.1) is 0 Å². The van der Waals surface area contributed by atoms with Crippen LogP contribution in [0.25, 0.3) is 0 Å². The van der Waals surface area contributed by atoms with Gasteiger partial charge in [0.15, 0.2) is 0 Å². The van der Waals surface area contributed by atoms with Gasteiger partial charge in [0, 0.05) is 0 Å². The number of likely N-dealkylation sites (tertiary alicyclic amines) is 1. The van der Waals surface area contributed by atoms with Crippen LogP contribution in [0.2, 0.25) is 5.02 Å². The summed E-state index contributed by atoms with van der Waals surface area (Å²) in [5, 5.41) is 10.4. The van der Waals surface area contributed by atoms with Crippen LogP contribution in [0.4, 0.5) is 0 Å². The van der Waals surface area contributed by atoms with Gasteiger partial charge in [-0.05, 0) is 18.6 Å². The molecule has 1 saturated heterocycles. The molecule has 1 aromatic carbocycles. The monoisotopic (exact) mass is 283 g/mol. The number of hydrogen-bond donors (Lipinski definition) is 1.